The van der Waals surface area contributed by atoms with Crippen LogP contribution in [0.15, 0.2) is 0 Å². The molecule has 1 N–H and O–H groups in total. The van der Waals surface area contributed by atoms with E-state index >= 15 is 0 Å². The molecule has 0 amide bonds. The van der Waals surface area contributed by atoms with Gasteiger partial charge in [-0.05, 0) is 26.8 Å². The van der Waals surface area contributed by atoms with Crippen LogP contribution < -0.4 is 5.32 Å². The highest BCUT2D eigenvalue weighted by Gasteiger charge is 2.16. The van der Waals surface area contributed by atoms with Crippen molar-refractivity contribution in [3.8, 4) is 0 Å². The molecule has 0 heterocycles. The monoisotopic (exact) mass is 128 g/mol. The molecular formula is C8H18N. The molecule has 0 aliphatic carbocycles. The van der Waals surface area contributed by atoms with E-state index in [1.165, 1.54) is 12.8 Å². The molecule has 0 aliphatic rings. The Hall–Kier alpha value is -0.0400. The highest BCUT2D eigenvalue weighted by Crippen LogP contribution is 2.14. The van der Waals surface area contributed by atoms with Crippen LogP contribution in [0.25, 0.3) is 0 Å². The second kappa shape index (κ2) is 3.89. The Morgan fingerprint density at radius 1 is 1.56 bits per heavy atom. The van der Waals surface area contributed by atoms with Gasteiger partial charge < -0.3 is 5.32 Å². The fourth-order valence-corrected chi connectivity index (χ4v) is 0.869. The summed E-state index contributed by atoms with van der Waals surface area (Å²) >= 11 is 0. The fourth-order valence-electron chi connectivity index (χ4n) is 0.869. The molecule has 0 bridgehead atoms. The minimum Gasteiger partial charge on any atom is -0.315 e. The molecule has 1 atom stereocenters. The van der Waals surface area contributed by atoms with Gasteiger partial charge in [-0.3, -0.25) is 0 Å². The standard InChI is InChI=1S/C8H18N/c1-5-7-8(3,6-2)9-4/h9H,1,5-7H2,2-4H3. The summed E-state index contributed by atoms with van der Waals surface area (Å²) in [5, 5.41) is 3.29. The summed E-state index contributed by atoms with van der Waals surface area (Å²) in [5.41, 5.74) is 0.321. The highest BCUT2D eigenvalue weighted by molar-refractivity contribution is 4.79. The predicted octanol–water partition coefficient (Wildman–Crippen LogP) is 1.99. The summed E-state index contributed by atoms with van der Waals surface area (Å²) < 4.78 is 0. The van der Waals surface area contributed by atoms with Crippen molar-refractivity contribution < 1.29 is 0 Å². The molecule has 1 unspecified atom stereocenters. The van der Waals surface area contributed by atoms with Gasteiger partial charge in [-0.2, -0.15) is 0 Å². The van der Waals surface area contributed by atoms with E-state index in [9.17, 15) is 0 Å². The van der Waals surface area contributed by atoms with Crippen LogP contribution in [0, 0.1) is 6.92 Å². The van der Waals surface area contributed by atoms with Crippen molar-refractivity contribution >= 4 is 0 Å². The van der Waals surface area contributed by atoms with Crippen LogP contribution in [0.4, 0.5) is 0 Å². The second-order valence-corrected chi connectivity index (χ2v) is 2.77. The lowest BCUT2D eigenvalue weighted by molar-refractivity contribution is 0.347. The minimum absolute atomic E-state index is 0.321. The third kappa shape index (κ3) is 2.85. The maximum atomic E-state index is 3.83. The zero-order valence-corrected chi connectivity index (χ0v) is 6.83. The molecule has 55 valence electrons. The van der Waals surface area contributed by atoms with E-state index in [1.807, 2.05) is 7.05 Å². The molecule has 0 aromatic carbocycles. The summed E-state index contributed by atoms with van der Waals surface area (Å²) in [6.07, 6.45) is 3.37. The molecule has 0 aromatic heterocycles. The average Bonchev–Trinajstić information content (AvgIpc) is 1.89. The number of hydrogen-bond acceptors (Lipinski definition) is 1. The van der Waals surface area contributed by atoms with Crippen molar-refractivity contribution in [2.24, 2.45) is 0 Å². The van der Waals surface area contributed by atoms with Gasteiger partial charge in [0.15, 0.2) is 0 Å². The van der Waals surface area contributed by atoms with Gasteiger partial charge in [-0.1, -0.05) is 20.3 Å². The summed E-state index contributed by atoms with van der Waals surface area (Å²) in [5.74, 6) is 0. The first kappa shape index (κ1) is 8.96. The van der Waals surface area contributed by atoms with Gasteiger partial charge in [0, 0.05) is 5.54 Å². The Bertz CT molecular complexity index is 65.0. The molecule has 0 saturated carbocycles. The van der Waals surface area contributed by atoms with Crippen molar-refractivity contribution in [1.29, 1.82) is 0 Å². The molecule has 0 rings (SSSR count). The predicted molar refractivity (Wildman–Crippen MR) is 42.3 cm³/mol. The molecule has 0 saturated heterocycles. The smallest absolute Gasteiger partial charge is 0.0147 e. The molecular weight excluding hydrogens is 110 g/mol. The third-order valence-electron chi connectivity index (χ3n) is 2.11. The van der Waals surface area contributed by atoms with Crippen LogP contribution in [0.5, 0.6) is 0 Å². The SMILES string of the molecule is [CH2]CCC(C)(CC)NC. The van der Waals surface area contributed by atoms with Crippen molar-refractivity contribution in [3.05, 3.63) is 6.92 Å². The summed E-state index contributed by atoms with van der Waals surface area (Å²) in [7, 11) is 2.01. The molecule has 0 spiro atoms. The molecule has 0 fully saturated rings. The largest absolute Gasteiger partial charge is 0.315 e. The van der Waals surface area contributed by atoms with Gasteiger partial charge in [0.2, 0.25) is 0 Å². The highest BCUT2D eigenvalue weighted by atomic mass is 14.9. The summed E-state index contributed by atoms with van der Waals surface area (Å²) in [6, 6.07) is 0. The first-order chi connectivity index (χ1) is 4.18. The quantitative estimate of drug-likeness (QED) is 0.610. The van der Waals surface area contributed by atoms with Crippen LogP contribution in [0.2, 0.25) is 0 Å². The zero-order valence-electron chi connectivity index (χ0n) is 6.83. The third-order valence-corrected chi connectivity index (χ3v) is 2.11. The van der Waals surface area contributed by atoms with E-state index in [1.54, 1.807) is 0 Å². The minimum atomic E-state index is 0.321. The molecule has 0 aromatic rings. The topological polar surface area (TPSA) is 12.0 Å². The second-order valence-electron chi connectivity index (χ2n) is 2.77. The van der Waals surface area contributed by atoms with Gasteiger partial charge in [0.25, 0.3) is 0 Å². The zero-order chi connectivity index (χ0) is 7.33. The van der Waals surface area contributed by atoms with Crippen LogP contribution >= 0.6 is 0 Å². The van der Waals surface area contributed by atoms with Crippen LogP contribution in [0.1, 0.15) is 33.1 Å². The summed E-state index contributed by atoms with van der Waals surface area (Å²) in [4.78, 5) is 0. The van der Waals surface area contributed by atoms with E-state index in [0.29, 0.717) is 5.54 Å². The van der Waals surface area contributed by atoms with Gasteiger partial charge in [-0.15, -0.1) is 0 Å². The molecule has 0 aliphatic heterocycles. The Balaban J connectivity index is 3.62. The van der Waals surface area contributed by atoms with E-state index in [2.05, 4.69) is 26.1 Å². The number of nitrogens with one attached hydrogen (secondary N) is 1. The van der Waals surface area contributed by atoms with Crippen LogP contribution in [0.3, 0.4) is 0 Å². The van der Waals surface area contributed by atoms with E-state index in [4.69, 9.17) is 0 Å². The van der Waals surface area contributed by atoms with Crippen LogP contribution in [-0.2, 0) is 0 Å². The van der Waals surface area contributed by atoms with Crippen molar-refractivity contribution in [2.45, 2.75) is 38.6 Å². The molecule has 1 radical (unpaired) electrons. The number of hydrogen-bond donors (Lipinski definition) is 1. The first-order valence-electron chi connectivity index (χ1n) is 3.66. The maximum Gasteiger partial charge on any atom is 0.0147 e. The van der Waals surface area contributed by atoms with Crippen LogP contribution in [-0.4, -0.2) is 12.6 Å². The number of rotatable bonds is 4. The Labute approximate surface area is 58.8 Å². The lowest BCUT2D eigenvalue weighted by Gasteiger charge is -2.26. The Kier molecular flexibility index (Phi) is 3.87. The van der Waals surface area contributed by atoms with E-state index < -0.39 is 0 Å². The lowest BCUT2D eigenvalue weighted by atomic mass is 9.94. The fraction of sp³-hybridized carbons (Fsp3) is 0.875. The van der Waals surface area contributed by atoms with Gasteiger partial charge in [0.05, 0.1) is 0 Å². The van der Waals surface area contributed by atoms with Gasteiger partial charge in [0.1, 0.15) is 0 Å². The van der Waals surface area contributed by atoms with Gasteiger partial charge in [-0.25, -0.2) is 0 Å². The first-order valence-corrected chi connectivity index (χ1v) is 3.66. The Morgan fingerprint density at radius 2 is 2.11 bits per heavy atom. The van der Waals surface area contributed by atoms with Crippen molar-refractivity contribution in [3.63, 3.8) is 0 Å². The lowest BCUT2D eigenvalue weighted by Crippen LogP contribution is -2.38. The average molecular weight is 128 g/mol. The molecule has 1 nitrogen and oxygen atoms in total. The Morgan fingerprint density at radius 3 is 2.22 bits per heavy atom. The maximum absolute atomic E-state index is 3.83. The van der Waals surface area contributed by atoms with Crippen molar-refractivity contribution in [1.82, 2.24) is 5.32 Å². The van der Waals surface area contributed by atoms with Crippen molar-refractivity contribution in [2.75, 3.05) is 7.05 Å². The van der Waals surface area contributed by atoms with E-state index in [0.717, 1.165) is 6.42 Å². The molecule has 9 heavy (non-hydrogen) atoms. The van der Waals surface area contributed by atoms with E-state index in [-0.39, 0.29) is 0 Å². The normalized spacial score (nSPS) is 17.3. The van der Waals surface area contributed by atoms with Gasteiger partial charge >= 0.3 is 0 Å². The summed E-state index contributed by atoms with van der Waals surface area (Å²) in [6.45, 7) is 8.26. The molecule has 1 heteroatoms.